The zero-order valence-corrected chi connectivity index (χ0v) is 14.8. The van der Waals surface area contributed by atoms with Gasteiger partial charge in [-0.3, -0.25) is 9.78 Å². The number of benzene rings is 1. The van der Waals surface area contributed by atoms with Crippen LogP contribution >= 0.6 is 12.4 Å². The number of methoxy groups -OCH3 is 1. The third-order valence-corrected chi connectivity index (χ3v) is 3.95. The van der Waals surface area contributed by atoms with E-state index in [-0.39, 0.29) is 24.4 Å². The standard InChI is InChI=1S/C18H21N3O3.ClH/c1-23-16-5-4-14(21-18(22)15-3-2-8-20-15)11-17(16)24-12-13-6-9-19-10-7-13;/h4-7,9-11,15,20H,2-3,8,12H2,1H3,(H,21,22);1H. The fourth-order valence-electron chi connectivity index (χ4n) is 2.65. The first kappa shape index (κ1) is 19.0. The SMILES string of the molecule is COc1ccc(NC(=O)C2CCCN2)cc1OCc1ccncc1.Cl. The molecule has 2 heterocycles. The fourth-order valence-corrected chi connectivity index (χ4v) is 2.65. The largest absolute Gasteiger partial charge is 0.493 e. The van der Waals surface area contributed by atoms with Gasteiger partial charge in [-0.25, -0.2) is 0 Å². The van der Waals surface area contributed by atoms with Gasteiger partial charge in [0.1, 0.15) is 6.61 Å². The summed E-state index contributed by atoms with van der Waals surface area (Å²) in [5.41, 5.74) is 1.70. The summed E-state index contributed by atoms with van der Waals surface area (Å²) in [4.78, 5) is 16.2. The molecule has 1 atom stereocenters. The molecule has 1 aromatic carbocycles. The van der Waals surface area contributed by atoms with Crippen LogP contribution in [0.2, 0.25) is 0 Å². The molecule has 0 bridgehead atoms. The van der Waals surface area contributed by atoms with Crippen LogP contribution in [0, 0.1) is 0 Å². The predicted octanol–water partition coefficient (Wildman–Crippen LogP) is 2.78. The quantitative estimate of drug-likeness (QED) is 0.825. The number of carbonyl (C=O) groups is 1. The maximum atomic E-state index is 12.2. The maximum Gasteiger partial charge on any atom is 0.241 e. The molecule has 0 spiro atoms. The maximum absolute atomic E-state index is 12.2. The molecule has 0 saturated carbocycles. The molecule has 1 aliphatic heterocycles. The van der Waals surface area contributed by atoms with Gasteiger partial charge in [0.15, 0.2) is 11.5 Å². The molecule has 25 heavy (non-hydrogen) atoms. The van der Waals surface area contributed by atoms with Gasteiger partial charge in [-0.1, -0.05) is 0 Å². The van der Waals surface area contributed by atoms with E-state index in [1.807, 2.05) is 18.2 Å². The number of aromatic nitrogens is 1. The molecule has 2 aromatic rings. The number of pyridine rings is 1. The molecule has 1 aromatic heterocycles. The Labute approximate surface area is 153 Å². The summed E-state index contributed by atoms with van der Waals surface area (Å²) in [5.74, 6) is 1.20. The van der Waals surface area contributed by atoms with Gasteiger partial charge in [0.25, 0.3) is 0 Å². The van der Waals surface area contributed by atoms with E-state index in [0.29, 0.717) is 23.8 Å². The fraction of sp³-hybridized carbons (Fsp3) is 0.333. The summed E-state index contributed by atoms with van der Waals surface area (Å²) in [5, 5.41) is 6.11. The van der Waals surface area contributed by atoms with Gasteiger partial charge in [0.2, 0.25) is 5.91 Å². The molecular weight excluding hydrogens is 342 g/mol. The lowest BCUT2D eigenvalue weighted by molar-refractivity contribution is -0.117. The van der Waals surface area contributed by atoms with E-state index >= 15 is 0 Å². The molecule has 0 radical (unpaired) electrons. The molecule has 6 nitrogen and oxygen atoms in total. The summed E-state index contributed by atoms with van der Waals surface area (Å²) in [6, 6.07) is 9.05. The molecular formula is C18H22ClN3O3. The van der Waals surface area contributed by atoms with Crippen LogP contribution in [0.15, 0.2) is 42.7 Å². The first-order chi connectivity index (χ1) is 11.8. The average molecular weight is 364 g/mol. The van der Waals surface area contributed by atoms with Crippen molar-refractivity contribution in [1.82, 2.24) is 10.3 Å². The Morgan fingerprint density at radius 1 is 1.28 bits per heavy atom. The van der Waals surface area contributed by atoms with Crippen molar-refractivity contribution in [3.63, 3.8) is 0 Å². The van der Waals surface area contributed by atoms with Crippen molar-refractivity contribution in [3.05, 3.63) is 48.3 Å². The lowest BCUT2D eigenvalue weighted by Gasteiger charge is -2.15. The Kier molecular flexibility index (Phi) is 7.03. The zero-order valence-electron chi connectivity index (χ0n) is 14.0. The molecule has 0 aliphatic carbocycles. The van der Waals surface area contributed by atoms with E-state index in [9.17, 15) is 4.79 Å². The van der Waals surface area contributed by atoms with Crippen LogP contribution in [0.3, 0.4) is 0 Å². The smallest absolute Gasteiger partial charge is 0.241 e. The molecule has 1 amide bonds. The Balaban J connectivity index is 0.00000225. The molecule has 1 fully saturated rings. The number of ether oxygens (including phenoxy) is 2. The van der Waals surface area contributed by atoms with E-state index < -0.39 is 0 Å². The summed E-state index contributed by atoms with van der Waals surface area (Å²) < 4.78 is 11.2. The van der Waals surface area contributed by atoms with E-state index in [0.717, 1.165) is 24.9 Å². The lowest BCUT2D eigenvalue weighted by atomic mass is 10.2. The number of rotatable bonds is 6. The Morgan fingerprint density at radius 3 is 2.76 bits per heavy atom. The van der Waals surface area contributed by atoms with Crippen molar-refractivity contribution >= 4 is 24.0 Å². The first-order valence-corrected chi connectivity index (χ1v) is 8.00. The molecule has 3 rings (SSSR count). The van der Waals surface area contributed by atoms with Crippen LogP contribution in [0.4, 0.5) is 5.69 Å². The van der Waals surface area contributed by atoms with Gasteiger partial charge in [-0.2, -0.15) is 0 Å². The van der Waals surface area contributed by atoms with Crippen molar-refractivity contribution in [3.8, 4) is 11.5 Å². The zero-order chi connectivity index (χ0) is 16.8. The van der Waals surface area contributed by atoms with Gasteiger partial charge < -0.3 is 20.1 Å². The third-order valence-electron chi connectivity index (χ3n) is 3.95. The molecule has 7 heteroatoms. The summed E-state index contributed by atoms with van der Waals surface area (Å²) in [6.45, 7) is 1.29. The minimum atomic E-state index is -0.117. The normalized spacial score (nSPS) is 16.0. The van der Waals surface area contributed by atoms with Crippen LogP contribution in [-0.4, -0.2) is 30.6 Å². The van der Waals surface area contributed by atoms with Crippen molar-refractivity contribution in [2.45, 2.75) is 25.5 Å². The van der Waals surface area contributed by atoms with Crippen LogP contribution in [0.5, 0.6) is 11.5 Å². The van der Waals surface area contributed by atoms with E-state index in [1.165, 1.54) is 0 Å². The summed E-state index contributed by atoms with van der Waals surface area (Å²) >= 11 is 0. The second-order valence-corrected chi connectivity index (χ2v) is 5.65. The van der Waals surface area contributed by atoms with Gasteiger partial charge in [-0.15, -0.1) is 12.4 Å². The van der Waals surface area contributed by atoms with Crippen LogP contribution in [0.1, 0.15) is 18.4 Å². The first-order valence-electron chi connectivity index (χ1n) is 8.00. The topological polar surface area (TPSA) is 72.5 Å². The Bertz CT molecular complexity index is 691. The monoisotopic (exact) mass is 363 g/mol. The number of nitrogens with zero attached hydrogens (tertiary/aromatic N) is 1. The predicted molar refractivity (Wildman–Crippen MR) is 98.5 cm³/mol. The van der Waals surface area contributed by atoms with Crippen LogP contribution in [0.25, 0.3) is 0 Å². The highest BCUT2D eigenvalue weighted by Gasteiger charge is 2.22. The van der Waals surface area contributed by atoms with Gasteiger partial charge in [0.05, 0.1) is 13.2 Å². The van der Waals surface area contributed by atoms with E-state index in [1.54, 1.807) is 31.6 Å². The van der Waals surface area contributed by atoms with Crippen LogP contribution in [-0.2, 0) is 11.4 Å². The number of amides is 1. The van der Waals surface area contributed by atoms with Crippen molar-refractivity contribution in [2.24, 2.45) is 0 Å². The number of nitrogens with one attached hydrogen (secondary N) is 2. The summed E-state index contributed by atoms with van der Waals surface area (Å²) in [7, 11) is 1.59. The molecule has 1 aliphatic rings. The highest BCUT2D eigenvalue weighted by Crippen LogP contribution is 2.31. The third kappa shape index (κ3) is 5.08. The van der Waals surface area contributed by atoms with Crippen molar-refractivity contribution in [1.29, 1.82) is 0 Å². The molecule has 2 N–H and O–H groups in total. The van der Waals surface area contributed by atoms with Gasteiger partial charge in [0, 0.05) is 24.1 Å². The van der Waals surface area contributed by atoms with Gasteiger partial charge >= 0.3 is 0 Å². The van der Waals surface area contributed by atoms with Gasteiger partial charge in [-0.05, 0) is 49.2 Å². The van der Waals surface area contributed by atoms with Crippen molar-refractivity contribution in [2.75, 3.05) is 19.0 Å². The highest BCUT2D eigenvalue weighted by molar-refractivity contribution is 5.95. The van der Waals surface area contributed by atoms with Crippen LogP contribution < -0.4 is 20.1 Å². The lowest BCUT2D eigenvalue weighted by Crippen LogP contribution is -2.35. The minimum Gasteiger partial charge on any atom is -0.493 e. The second-order valence-electron chi connectivity index (χ2n) is 5.65. The number of carbonyl (C=O) groups excluding carboxylic acids is 1. The average Bonchev–Trinajstić information content (AvgIpc) is 3.16. The Morgan fingerprint density at radius 2 is 2.08 bits per heavy atom. The number of anilines is 1. The van der Waals surface area contributed by atoms with E-state index in [2.05, 4.69) is 15.6 Å². The number of hydrogen-bond donors (Lipinski definition) is 2. The van der Waals surface area contributed by atoms with E-state index in [4.69, 9.17) is 9.47 Å². The molecule has 1 unspecified atom stereocenters. The number of halogens is 1. The molecule has 1 saturated heterocycles. The molecule has 134 valence electrons. The van der Waals surface area contributed by atoms with Crippen molar-refractivity contribution < 1.29 is 14.3 Å². The second kappa shape index (κ2) is 9.25. The highest BCUT2D eigenvalue weighted by atomic mass is 35.5. The summed E-state index contributed by atoms with van der Waals surface area (Å²) in [6.07, 6.45) is 5.34. The number of hydrogen-bond acceptors (Lipinski definition) is 5. The Hall–Kier alpha value is -2.31. The minimum absolute atomic E-state index is 0.